The van der Waals surface area contributed by atoms with Crippen molar-refractivity contribution in [1.82, 2.24) is 14.7 Å². The van der Waals surface area contributed by atoms with Crippen LogP contribution in [-0.4, -0.2) is 15.3 Å². The summed E-state index contributed by atoms with van der Waals surface area (Å²) in [6, 6.07) is 16.5. The van der Waals surface area contributed by atoms with E-state index in [-0.39, 0.29) is 22.8 Å². The van der Waals surface area contributed by atoms with Crippen molar-refractivity contribution >= 4 is 28.4 Å². The van der Waals surface area contributed by atoms with Crippen LogP contribution < -0.4 is 21.2 Å². The number of nitrogens with two attached hydrogens (primary N) is 1. The van der Waals surface area contributed by atoms with Crippen LogP contribution in [0.25, 0.3) is 16.7 Å². The number of carbonyl (C=O) groups excluding carboxylic acids is 1. The van der Waals surface area contributed by atoms with Gasteiger partial charge in [-0.1, -0.05) is 41.4 Å². The van der Waals surface area contributed by atoms with Crippen LogP contribution in [-0.2, 0) is 13.1 Å². The number of rotatable bonds is 4. The fourth-order valence-electron chi connectivity index (χ4n) is 3.28. The average Bonchev–Trinajstić information content (AvgIpc) is 2.73. The van der Waals surface area contributed by atoms with Gasteiger partial charge in [0.25, 0.3) is 17.1 Å². The number of aryl methyl sites for hydroxylation is 1. The zero-order valence-electron chi connectivity index (χ0n) is 15.4. The first-order valence-electron chi connectivity index (χ1n) is 9.05. The van der Waals surface area contributed by atoms with Gasteiger partial charge in [-0.2, -0.15) is 0 Å². The molecule has 0 radical (unpaired) electrons. The van der Waals surface area contributed by atoms with Gasteiger partial charge >= 0.3 is 0 Å². The van der Waals surface area contributed by atoms with Crippen LogP contribution in [0.4, 0.5) is 5.82 Å². The van der Waals surface area contributed by atoms with Crippen molar-refractivity contribution in [3.63, 3.8) is 0 Å². The third-order valence-electron chi connectivity index (χ3n) is 4.72. The first-order valence-corrected chi connectivity index (χ1v) is 9.05. The molecule has 0 saturated heterocycles. The van der Waals surface area contributed by atoms with Crippen molar-refractivity contribution in [1.29, 1.82) is 0 Å². The van der Waals surface area contributed by atoms with Gasteiger partial charge in [0.2, 0.25) is 11.5 Å². The summed E-state index contributed by atoms with van der Waals surface area (Å²) in [6.07, 6.45) is 1.66. The predicted molar refractivity (Wildman–Crippen MR) is 107 cm³/mol. The first kappa shape index (κ1) is 17.7. The lowest BCUT2D eigenvalue weighted by Crippen LogP contribution is -2.42. The van der Waals surface area contributed by atoms with Crippen LogP contribution >= 0.6 is 0 Å². The number of aromatic nitrogens is 3. The zero-order chi connectivity index (χ0) is 19.7. The Labute approximate surface area is 161 Å². The molecule has 0 aliphatic rings. The van der Waals surface area contributed by atoms with E-state index in [4.69, 9.17) is 5.73 Å². The first-order chi connectivity index (χ1) is 13.6. The molecule has 4 rings (SSSR count). The van der Waals surface area contributed by atoms with E-state index in [2.05, 4.69) is 10.3 Å². The quantitative estimate of drug-likeness (QED) is 0.420. The van der Waals surface area contributed by atoms with Crippen LogP contribution in [0.2, 0.25) is 0 Å². The van der Waals surface area contributed by atoms with E-state index in [1.54, 1.807) is 22.9 Å². The molecule has 0 aliphatic heterocycles. The van der Waals surface area contributed by atoms with E-state index >= 15 is 0 Å². The van der Waals surface area contributed by atoms with Gasteiger partial charge in [-0.15, -0.1) is 0 Å². The van der Waals surface area contributed by atoms with Gasteiger partial charge in [-0.25, -0.2) is 4.57 Å². The van der Waals surface area contributed by atoms with Crippen LogP contribution in [0, 0.1) is 0 Å². The Balaban J connectivity index is 1.83. The molecule has 0 atom stereocenters. The van der Waals surface area contributed by atoms with Crippen LogP contribution in [0.15, 0.2) is 65.6 Å². The maximum absolute atomic E-state index is 13.0. The van der Waals surface area contributed by atoms with Gasteiger partial charge in [0.1, 0.15) is 10.9 Å². The van der Waals surface area contributed by atoms with Gasteiger partial charge in [-0.3, -0.25) is 14.0 Å². The van der Waals surface area contributed by atoms with Crippen molar-refractivity contribution in [3.05, 3.63) is 82.3 Å². The lowest BCUT2D eigenvalue weighted by atomic mass is 10.1. The summed E-state index contributed by atoms with van der Waals surface area (Å²) in [5.74, 6) is -0.0456. The molecule has 1 amide bonds. The molecule has 3 aromatic heterocycles. The molecule has 0 unspecified atom stereocenters. The highest BCUT2D eigenvalue weighted by atomic mass is 16.1. The third kappa shape index (κ3) is 2.96. The zero-order valence-corrected chi connectivity index (χ0v) is 15.4. The molecule has 0 fully saturated rings. The lowest BCUT2D eigenvalue weighted by molar-refractivity contribution is -0.655. The molecule has 0 bridgehead atoms. The van der Waals surface area contributed by atoms with Gasteiger partial charge in [0, 0.05) is 12.7 Å². The number of carbonyl (C=O) groups is 1. The Bertz CT molecular complexity index is 1250. The molecule has 3 heterocycles. The topological polar surface area (TPSA) is 93.4 Å². The number of benzene rings is 1. The van der Waals surface area contributed by atoms with Crippen LogP contribution in [0.3, 0.4) is 0 Å². The fourth-order valence-corrected chi connectivity index (χ4v) is 3.28. The Morgan fingerprint density at radius 3 is 2.68 bits per heavy atom. The fraction of sp³-hybridized carbons (Fsp3) is 0.143. The molecule has 1 aromatic carbocycles. The molecule has 0 aliphatic carbocycles. The van der Waals surface area contributed by atoms with Crippen molar-refractivity contribution < 1.29 is 9.36 Å². The second-order valence-electron chi connectivity index (χ2n) is 6.44. The summed E-state index contributed by atoms with van der Waals surface area (Å²) >= 11 is 0. The van der Waals surface area contributed by atoms with Crippen molar-refractivity contribution in [2.75, 3.05) is 5.73 Å². The number of amides is 1. The van der Waals surface area contributed by atoms with Crippen molar-refractivity contribution in [2.24, 2.45) is 0 Å². The summed E-state index contributed by atoms with van der Waals surface area (Å²) in [7, 11) is 0. The monoisotopic (exact) mass is 374 g/mol. The smallest absolute Gasteiger partial charge is 0.278 e. The second kappa shape index (κ2) is 7.11. The molecule has 7 nitrogen and oxygen atoms in total. The molecule has 0 saturated carbocycles. The van der Waals surface area contributed by atoms with E-state index in [9.17, 15) is 9.59 Å². The minimum atomic E-state index is -0.331. The maximum atomic E-state index is 13.0. The highest BCUT2D eigenvalue weighted by molar-refractivity contribution is 6.00. The van der Waals surface area contributed by atoms with E-state index in [1.165, 1.54) is 10.5 Å². The van der Waals surface area contributed by atoms with E-state index < -0.39 is 0 Å². The number of anilines is 1. The van der Waals surface area contributed by atoms with Crippen molar-refractivity contribution in [3.8, 4) is 0 Å². The number of nitrogen functional groups attached to an aromatic ring is 1. The Hall–Kier alpha value is -3.74. The molecular formula is C21H20N5O2+. The number of pyridine rings is 2. The minimum Gasteiger partial charge on any atom is -0.348 e. The summed E-state index contributed by atoms with van der Waals surface area (Å²) in [5, 5.41) is 3.22. The average molecular weight is 374 g/mol. The summed E-state index contributed by atoms with van der Waals surface area (Å²) in [5.41, 5.74) is 8.28. The summed E-state index contributed by atoms with van der Waals surface area (Å²) < 4.78 is 3.16. The SMILES string of the molecule is CC[n+]1c(N)c(C(=O)NCc2ccccc2)cc2c(=O)n3ccccc3nc21. The Morgan fingerprint density at radius 2 is 1.93 bits per heavy atom. The molecule has 4 aromatic rings. The normalized spacial score (nSPS) is 11.0. The molecular weight excluding hydrogens is 354 g/mol. The molecule has 140 valence electrons. The summed E-state index contributed by atoms with van der Waals surface area (Å²) in [6.45, 7) is 2.76. The van der Waals surface area contributed by atoms with Gasteiger partial charge in [0.15, 0.2) is 0 Å². The molecule has 28 heavy (non-hydrogen) atoms. The van der Waals surface area contributed by atoms with Crippen molar-refractivity contribution in [2.45, 2.75) is 20.0 Å². The van der Waals surface area contributed by atoms with E-state index in [1.807, 2.05) is 43.3 Å². The second-order valence-corrected chi connectivity index (χ2v) is 6.44. The van der Waals surface area contributed by atoms with E-state index in [0.717, 1.165) is 5.56 Å². The van der Waals surface area contributed by atoms with Gasteiger partial charge in [0.05, 0.1) is 6.54 Å². The van der Waals surface area contributed by atoms with E-state index in [0.29, 0.717) is 29.8 Å². The van der Waals surface area contributed by atoms with Gasteiger partial charge in [-0.05, 0) is 30.7 Å². The molecule has 0 spiro atoms. The highest BCUT2D eigenvalue weighted by Gasteiger charge is 2.23. The Kier molecular flexibility index (Phi) is 4.49. The number of fused-ring (bicyclic) bond motifs is 2. The predicted octanol–water partition coefficient (Wildman–Crippen LogP) is 1.67. The number of nitrogens with zero attached hydrogens (tertiary/aromatic N) is 3. The van der Waals surface area contributed by atoms with Gasteiger partial charge < -0.3 is 11.1 Å². The van der Waals surface area contributed by atoms with Crippen LogP contribution in [0.5, 0.6) is 0 Å². The number of hydrogen-bond acceptors (Lipinski definition) is 4. The third-order valence-corrected chi connectivity index (χ3v) is 4.72. The Morgan fingerprint density at radius 1 is 1.18 bits per heavy atom. The standard InChI is InChI=1S/C21H19N5O2/c1-2-25-18(22)15(20(27)23-13-14-8-4-3-5-9-14)12-16-19(25)24-17-10-6-7-11-26(17)21(16)28/h3-12,22H,2,13H2,1H3,(H,23,27)/p+1. The summed E-state index contributed by atoms with van der Waals surface area (Å²) in [4.78, 5) is 30.3. The minimum absolute atomic E-state index is 0.236. The molecule has 7 heteroatoms. The van der Waals surface area contributed by atoms with Crippen LogP contribution in [0.1, 0.15) is 22.8 Å². The number of nitrogens with one attached hydrogen (secondary N) is 1. The molecule has 3 N–H and O–H groups in total. The lowest BCUT2D eigenvalue weighted by Gasteiger charge is -2.11. The maximum Gasteiger partial charge on any atom is 0.278 e. The largest absolute Gasteiger partial charge is 0.348 e. The number of hydrogen-bond donors (Lipinski definition) is 2. The highest BCUT2D eigenvalue weighted by Crippen LogP contribution is 2.14.